The van der Waals surface area contributed by atoms with Crippen LogP contribution in [-0.4, -0.2) is 43.9 Å². The molecule has 2 rings (SSSR count). The lowest BCUT2D eigenvalue weighted by Gasteiger charge is -2.08. The third-order valence-corrected chi connectivity index (χ3v) is 3.66. The number of rotatable bonds is 9. The fourth-order valence-electron chi connectivity index (χ4n) is 2.21. The van der Waals surface area contributed by atoms with E-state index in [2.05, 4.69) is 15.0 Å². The van der Waals surface area contributed by atoms with Crippen molar-refractivity contribution in [3.05, 3.63) is 71.8 Å². The van der Waals surface area contributed by atoms with Gasteiger partial charge >= 0.3 is 18.0 Å². The Morgan fingerprint density at radius 2 is 1.38 bits per heavy atom. The van der Waals surface area contributed by atoms with Crippen molar-refractivity contribution in [2.75, 3.05) is 20.2 Å². The SMILES string of the molecule is COC(=O)/C(CNCC(=O)OCc1ccccc1)=N/C(=O)OCc1ccccc1. The van der Waals surface area contributed by atoms with Gasteiger partial charge in [0.05, 0.1) is 13.7 Å². The summed E-state index contributed by atoms with van der Waals surface area (Å²) in [6, 6.07) is 18.3. The van der Waals surface area contributed by atoms with E-state index in [0.29, 0.717) is 0 Å². The van der Waals surface area contributed by atoms with Crippen molar-refractivity contribution in [3.63, 3.8) is 0 Å². The molecule has 8 nitrogen and oxygen atoms in total. The summed E-state index contributed by atoms with van der Waals surface area (Å²) >= 11 is 0. The summed E-state index contributed by atoms with van der Waals surface area (Å²) in [4.78, 5) is 39.1. The highest BCUT2D eigenvalue weighted by atomic mass is 16.5. The third-order valence-electron chi connectivity index (χ3n) is 3.66. The zero-order valence-corrected chi connectivity index (χ0v) is 16.0. The number of esters is 2. The van der Waals surface area contributed by atoms with Crippen LogP contribution >= 0.6 is 0 Å². The van der Waals surface area contributed by atoms with E-state index < -0.39 is 18.0 Å². The first-order valence-corrected chi connectivity index (χ1v) is 8.85. The largest absolute Gasteiger partial charge is 0.464 e. The van der Waals surface area contributed by atoms with E-state index in [9.17, 15) is 14.4 Å². The molecule has 0 aromatic heterocycles. The van der Waals surface area contributed by atoms with E-state index in [0.717, 1.165) is 11.1 Å². The van der Waals surface area contributed by atoms with E-state index in [1.54, 1.807) is 12.1 Å². The summed E-state index contributed by atoms with van der Waals surface area (Å²) in [7, 11) is 1.17. The molecule has 0 atom stereocenters. The molecule has 0 bridgehead atoms. The molecule has 152 valence electrons. The van der Waals surface area contributed by atoms with Gasteiger partial charge in [0, 0.05) is 6.54 Å². The topological polar surface area (TPSA) is 103 Å². The van der Waals surface area contributed by atoms with Crippen LogP contribution in [0.5, 0.6) is 0 Å². The van der Waals surface area contributed by atoms with Crippen molar-refractivity contribution in [1.29, 1.82) is 0 Å². The van der Waals surface area contributed by atoms with Crippen LogP contribution in [-0.2, 0) is 37.0 Å². The van der Waals surface area contributed by atoms with Gasteiger partial charge in [-0.1, -0.05) is 60.7 Å². The summed E-state index contributed by atoms with van der Waals surface area (Å²) < 4.78 is 14.7. The van der Waals surface area contributed by atoms with E-state index in [4.69, 9.17) is 9.47 Å². The number of carbonyl (C=O) groups is 3. The summed E-state index contributed by atoms with van der Waals surface area (Å²) in [5.41, 5.74) is 1.44. The molecule has 0 spiro atoms. The number of ether oxygens (including phenoxy) is 3. The second-order valence-corrected chi connectivity index (χ2v) is 5.84. The average Bonchev–Trinajstić information content (AvgIpc) is 2.76. The monoisotopic (exact) mass is 398 g/mol. The van der Waals surface area contributed by atoms with Gasteiger partial charge in [-0.25, -0.2) is 9.59 Å². The zero-order chi connectivity index (χ0) is 20.9. The molecule has 0 saturated heterocycles. The van der Waals surface area contributed by atoms with Gasteiger partial charge in [-0.05, 0) is 11.1 Å². The van der Waals surface area contributed by atoms with Crippen LogP contribution < -0.4 is 5.32 Å². The molecule has 2 aromatic carbocycles. The fraction of sp³-hybridized carbons (Fsp3) is 0.238. The quantitative estimate of drug-likeness (QED) is 0.393. The smallest absolute Gasteiger partial charge is 0.434 e. The fourth-order valence-corrected chi connectivity index (χ4v) is 2.21. The zero-order valence-electron chi connectivity index (χ0n) is 16.0. The van der Waals surface area contributed by atoms with Crippen LogP contribution in [0.15, 0.2) is 65.7 Å². The summed E-state index contributed by atoms with van der Waals surface area (Å²) in [5.74, 6) is -1.31. The first-order valence-electron chi connectivity index (χ1n) is 8.85. The van der Waals surface area contributed by atoms with E-state index >= 15 is 0 Å². The molecule has 0 saturated carbocycles. The highest BCUT2D eigenvalue weighted by Gasteiger charge is 2.15. The average molecular weight is 398 g/mol. The van der Waals surface area contributed by atoms with Gasteiger partial charge < -0.3 is 19.5 Å². The molecule has 0 fully saturated rings. The predicted molar refractivity (Wildman–Crippen MR) is 105 cm³/mol. The molecule has 8 heteroatoms. The van der Waals surface area contributed by atoms with Crippen molar-refractivity contribution >= 4 is 23.7 Å². The Bertz CT molecular complexity index is 837. The molecule has 0 aliphatic rings. The highest BCUT2D eigenvalue weighted by molar-refractivity contribution is 6.38. The Hall–Kier alpha value is -3.52. The highest BCUT2D eigenvalue weighted by Crippen LogP contribution is 2.02. The van der Waals surface area contributed by atoms with Crippen LogP contribution in [0.25, 0.3) is 0 Å². The van der Waals surface area contributed by atoms with Gasteiger partial charge in [0.15, 0.2) is 0 Å². The van der Waals surface area contributed by atoms with Gasteiger partial charge in [-0.2, -0.15) is 4.99 Å². The lowest BCUT2D eigenvalue weighted by Crippen LogP contribution is -2.34. The number of benzene rings is 2. The standard InChI is InChI=1S/C21H22N2O6/c1-27-20(25)18(23-21(26)29-15-17-10-6-3-7-11-17)12-22-13-19(24)28-14-16-8-4-2-5-9-16/h2-11,22H,12-15H2,1H3/b23-18+. The maximum atomic E-state index is 11.9. The molecule has 0 unspecified atom stereocenters. The number of carbonyl (C=O) groups excluding carboxylic acids is 3. The van der Waals surface area contributed by atoms with Crippen molar-refractivity contribution in [2.24, 2.45) is 4.99 Å². The van der Waals surface area contributed by atoms with Gasteiger partial charge in [0.1, 0.15) is 18.9 Å². The molecule has 0 heterocycles. The van der Waals surface area contributed by atoms with Crippen molar-refractivity contribution in [2.45, 2.75) is 13.2 Å². The van der Waals surface area contributed by atoms with Crippen LogP contribution in [0.3, 0.4) is 0 Å². The number of amides is 1. The Balaban J connectivity index is 1.79. The van der Waals surface area contributed by atoms with Crippen LogP contribution in [0.1, 0.15) is 11.1 Å². The number of nitrogens with zero attached hydrogens (tertiary/aromatic N) is 1. The predicted octanol–water partition coefficient (Wildman–Crippen LogP) is 2.27. The van der Waals surface area contributed by atoms with Crippen LogP contribution in [0, 0.1) is 0 Å². The second kappa shape index (κ2) is 12.0. The van der Waals surface area contributed by atoms with Gasteiger partial charge in [-0.15, -0.1) is 0 Å². The normalized spacial score (nSPS) is 10.9. The molecule has 29 heavy (non-hydrogen) atoms. The second-order valence-electron chi connectivity index (χ2n) is 5.84. The third kappa shape index (κ3) is 8.35. The maximum Gasteiger partial charge on any atom is 0.434 e. The molecule has 0 aliphatic carbocycles. The number of aliphatic imine (C=N–C) groups is 1. The molecule has 2 aromatic rings. The summed E-state index contributed by atoms with van der Waals surface area (Å²) in [5, 5.41) is 2.70. The minimum absolute atomic E-state index is 0.0247. The first kappa shape index (κ1) is 21.8. The number of hydrogen-bond acceptors (Lipinski definition) is 7. The summed E-state index contributed by atoms with van der Waals surface area (Å²) in [6.07, 6.45) is -0.928. The number of methoxy groups -OCH3 is 1. The maximum absolute atomic E-state index is 11.9. The Kier molecular flexibility index (Phi) is 9.04. The Morgan fingerprint density at radius 1 is 0.828 bits per heavy atom. The Labute approximate surface area is 168 Å². The Morgan fingerprint density at radius 3 is 1.93 bits per heavy atom. The number of hydrogen-bond donors (Lipinski definition) is 1. The molecular weight excluding hydrogens is 376 g/mol. The first-order chi connectivity index (χ1) is 14.1. The molecule has 1 amide bonds. The minimum Gasteiger partial charge on any atom is -0.464 e. The molecular formula is C21H22N2O6. The van der Waals surface area contributed by atoms with Crippen molar-refractivity contribution in [1.82, 2.24) is 5.32 Å². The molecule has 0 radical (unpaired) electrons. The lowest BCUT2D eigenvalue weighted by atomic mass is 10.2. The number of nitrogens with one attached hydrogen (secondary N) is 1. The minimum atomic E-state index is -0.928. The van der Waals surface area contributed by atoms with Crippen molar-refractivity contribution < 1.29 is 28.6 Å². The van der Waals surface area contributed by atoms with E-state index in [-0.39, 0.29) is 32.0 Å². The van der Waals surface area contributed by atoms with E-state index in [1.807, 2.05) is 48.5 Å². The molecule has 1 N–H and O–H groups in total. The van der Waals surface area contributed by atoms with E-state index in [1.165, 1.54) is 7.11 Å². The van der Waals surface area contributed by atoms with Crippen molar-refractivity contribution in [3.8, 4) is 0 Å². The summed E-state index contributed by atoms with van der Waals surface area (Å²) in [6.45, 7) is -0.155. The lowest BCUT2D eigenvalue weighted by molar-refractivity contribution is -0.143. The van der Waals surface area contributed by atoms with Gasteiger partial charge in [0.25, 0.3) is 0 Å². The van der Waals surface area contributed by atoms with Crippen LogP contribution in [0.4, 0.5) is 4.79 Å². The molecule has 0 aliphatic heterocycles. The van der Waals surface area contributed by atoms with Gasteiger partial charge in [-0.3, -0.25) is 4.79 Å². The van der Waals surface area contributed by atoms with Crippen LogP contribution in [0.2, 0.25) is 0 Å². The van der Waals surface area contributed by atoms with Gasteiger partial charge in [0.2, 0.25) is 0 Å².